The SMILES string of the molecule is O=C(O)c1c(F)ccc(NS(=O)(=O)CCl)c1F. The highest BCUT2D eigenvalue weighted by molar-refractivity contribution is 7.93. The molecule has 0 heterocycles. The number of halogens is 3. The first kappa shape index (κ1) is 13.7. The minimum atomic E-state index is -3.99. The summed E-state index contributed by atoms with van der Waals surface area (Å²) in [4.78, 5) is 10.5. The van der Waals surface area contributed by atoms with Crippen LogP contribution in [0.15, 0.2) is 12.1 Å². The van der Waals surface area contributed by atoms with E-state index in [9.17, 15) is 22.0 Å². The Balaban J connectivity index is 3.30. The number of sulfonamides is 1. The monoisotopic (exact) mass is 285 g/mol. The van der Waals surface area contributed by atoms with Crippen LogP contribution < -0.4 is 4.72 Å². The van der Waals surface area contributed by atoms with E-state index in [4.69, 9.17) is 16.7 Å². The van der Waals surface area contributed by atoms with Crippen molar-refractivity contribution in [2.75, 3.05) is 9.93 Å². The fourth-order valence-electron chi connectivity index (χ4n) is 1.02. The van der Waals surface area contributed by atoms with Crippen molar-refractivity contribution in [3.63, 3.8) is 0 Å². The summed E-state index contributed by atoms with van der Waals surface area (Å²) >= 11 is 5.07. The molecule has 9 heteroatoms. The van der Waals surface area contributed by atoms with Crippen LogP contribution in [0.3, 0.4) is 0 Å². The van der Waals surface area contributed by atoms with Crippen molar-refractivity contribution in [1.29, 1.82) is 0 Å². The smallest absolute Gasteiger partial charge is 0.341 e. The summed E-state index contributed by atoms with van der Waals surface area (Å²) in [5.41, 5.74) is -1.91. The van der Waals surface area contributed by atoms with Crippen molar-refractivity contribution in [3.8, 4) is 0 Å². The van der Waals surface area contributed by atoms with Crippen molar-refractivity contribution in [2.24, 2.45) is 0 Å². The third-order valence-corrected chi connectivity index (χ3v) is 3.39. The van der Waals surface area contributed by atoms with Gasteiger partial charge in [0, 0.05) is 0 Å². The van der Waals surface area contributed by atoms with Gasteiger partial charge in [-0.3, -0.25) is 4.72 Å². The molecule has 0 atom stereocenters. The van der Waals surface area contributed by atoms with Crippen molar-refractivity contribution in [1.82, 2.24) is 0 Å². The van der Waals surface area contributed by atoms with Gasteiger partial charge in [-0.25, -0.2) is 22.0 Å². The molecule has 5 nitrogen and oxygen atoms in total. The molecule has 0 spiro atoms. The standard InChI is InChI=1S/C8H6ClF2NO4S/c9-3-17(15,16)12-5-2-1-4(10)6(7(5)11)8(13)14/h1-2,12H,3H2,(H,13,14). The van der Waals surface area contributed by atoms with Gasteiger partial charge in [0.2, 0.25) is 10.0 Å². The summed E-state index contributed by atoms with van der Waals surface area (Å²) < 4.78 is 50.2. The van der Waals surface area contributed by atoms with Crippen LogP contribution in [0.2, 0.25) is 0 Å². The topological polar surface area (TPSA) is 83.5 Å². The minimum absolute atomic E-state index is 0.638. The van der Waals surface area contributed by atoms with Gasteiger partial charge in [0.15, 0.2) is 5.82 Å². The third kappa shape index (κ3) is 3.04. The van der Waals surface area contributed by atoms with E-state index in [1.807, 2.05) is 0 Å². The molecule has 1 aromatic carbocycles. The first-order chi connectivity index (χ1) is 7.78. The summed E-state index contributed by atoms with van der Waals surface area (Å²) in [5.74, 6) is -4.65. The second kappa shape index (κ2) is 4.84. The van der Waals surface area contributed by atoms with Crippen LogP contribution in [-0.2, 0) is 10.0 Å². The number of nitrogens with one attached hydrogen (secondary N) is 1. The average Bonchev–Trinajstić information content (AvgIpc) is 2.22. The van der Waals surface area contributed by atoms with E-state index in [1.54, 1.807) is 4.72 Å². The Labute approximate surface area is 100 Å². The highest BCUT2D eigenvalue weighted by Gasteiger charge is 2.21. The Morgan fingerprint density at radius 3 is 2.47 bits per heavy atom. The summed E-state index contributed by atoms with van der Waals surface area (Å²) in [5, 5.41) is 7.70. The van der Waals surface area contributed by atoms with E-state index in [0.717, 1.165) is 6.07 Å². The van der Waals surface area contributed by atoms with Gasteiger partial charge in [0.1, 0.15) is 16.6 Å². The molecule has 1 aromatic rings. The largest absolute Gasteiger partial charge is 0.477 e. The Morgan fingerprint density at radius 2 is 2.00 bits per heavy atom. The highest BCUT2D eigenvalue weighted by atomic mass is 35.5. The number of carboxylic acid groups (broad SMARTS) is 1. The molecular formula is C8H6ClF2NO4S. The number of hydrogen-bond acceptors (Lipinski definition) is 3. The molecule has 0 aliphatic carbocycles. The molecule has 0 aliphatic heterocycles. The zero-order chi connectivity index (χ0) is 13.2. The van der Waals surface area contributed by atoms with E-state index < -0.39 is 44.1 Å². The van der Waals surface area contributed by atoms with Gasteiger partial charge in [0.05, 0.1) is 5.69 Å². The molecule has 17 heavy (non-hydrogen) atoms. The van der Waals surface area contributed by atoms with Crippen LogP contribution in [0, 0.1) is 11.6 Å². The van der Waals surface area contributed by atoms with Gasteiger partial charge < -0.3 is 5.11 Å². The first-order valence-corrected chi connectivity index (χ1v) is 6.25. The minimum Gasteiger partial charge on any atom is -0.477 e. The zero-order valence-corrected chi connectivity index (χ0v) is 9.65. The van der Waals surface area contributed by atoms with Crippen molar-refractivity contribution in [2.45, 2.75) is 0 Å². The molecule has 0 saturated heterocycles. The van der Waals surface area contributed by atoms with Crippen molar-refractivity contribution < 1.29 is 27.1 Å². The third-order valence-electron chi connectivity index (χ3n) is 1.71. The summed E-state index contributed by atoms with van der Waals surface area (Å²) in [6.45, 7) is 0. The molecule has 0 fully saturated rings. The van der Waals surface area contributed by atoms with Crippen LogP contribution >= 0.6 is 11.6 Å². The number of benzene rings is 1. The number of alkyl halides is 1. The van der Waals surface area contributed by atoms with E-state index >= 15 is 0 Å². The molecule has 2 N–H and O–H groups in total. The molecule has 0 bridgehead atoms. The van der Waals surface area contributed by atoms with Crippen molar-refractivity contribution >= 4 is 33.3 Å². The zero-order valence-electron chi connectivity index (χ0n) is 8.08. The molecule has 0 aromatic heterocycles. The Morgan fingerprint density at radius 1 is 1.41 bits per heavy atom. The highest BCUT2D eigenvalue weighted by Crippen LogP contribution is 2.22. The number of hydrogen-bond donors (Lipinski definition) is 2. The van der Waals surface area contributed by atoms with Gasteiger partial charge in [-0.05, 0) is 12.1 Å². The van der Waals surface area contributed by atoms with Crippen LogP contribution in [0.25, 0.3) is 0 Å². The van der Waals surface area contributed by atoms with E-state index in [0.29, 0.717) is 6.07 Å². The normalized spacial score (nSPS) is 11.2. The summed E-state index contributed by atoms with van der Waals surface area (Å²) in [6.07, 6.45) is 0. The van der Waals surface area contributed by atoms with Crippen LogP contribution in [0.1, 0.15) is 10.4 Å². The molecule has 0 aliphatic rings. The molecule has 0 saturated carbocycles. The summed E-state index contributed by atoms with van der Waals surface area (Å²) in [7, 11) is -3.99. The average molecular weight is 286 g/mol. The second-order valence-electron chi connectivity index (χ2n) is 2.91. The Hall–Kier alpha value is -1.41. The second-order valence-corrected chi connectivity index (χ2v) is 5.22. The van der Waals surface area contributed by atoms with E-state index in [2.05, 4.69) is 0 Å². The van der Waals surface area contributed by atoms with Gasteiger partial charge in [-0.15, -0.1) is 11.6 Å². The van der Waals surface area contributed by atoms with E-state index in [-0.39, 0.29) is 0 Å². The molecule has 94 valence electrons. The van der Waals surface area contributed by atoms with Crippen molar-refractivity contribution in [3.05, 3.63) is 29.3 Å². The number of aromatic carboxylic acids is 1. The fourth-order valence-corrected chi connectivity index (χ4v) is 1.73. The Bertz CT molecular complexity index is 561. The predicted molar refractivity (Wildman–Crippen MR) is 56.6 cm³/mol. The molecular weight excluding hydrogens is 280 g/mol. The maximum Gasteiger partial charge on any atom is 0.341 e. The fraction of sp³-hybridized carbons (Fsp3) is 0.125. The van der Waals surface area contributed by atoms with Crippen LogP contribution in [0.5, 0.6) is 0 Å². The molecule has 1 rings (SSSR count). The first-order valence-electron chi connectivity index (χ1n) is 4.06. The van der Waals surface area contributed by atoms with Gasteiger partial charge in [-0.2, -0.15) is 0 Å². The Kier molecular flexibility index (Phi) is 3.89. The van der Waals surface area contributed by atoms with E-state index in [1.165, 1.54) is 0 Å². The molecule has 0 radical (unpaired) electrons. The van der Waals surface area contributed by atoms with Gasteiger partial charge >= 0.3 is 5.97 Å². The molecule has 0 amide bonds. The number of rotatable bonds is 4. The predicted octanol–water partition coefficient (Wildman–Crippen LogP) is 1.60. The number of anilines is 1. The van der Waals surface area contributed by atoms with Crippen LogP contribution in [0.4, 0.5) is 14.5 Å². The number of carboxylic acids is 1. The lowest BCUT2D eigenvalue weighted by molar-refractivity contribution is 0.0686. The quantitative estimate of drug-likeness (QED) is 0.823. The lowest BCUT2D eigenvalue weighted by atomic mass is 10.2. The summed E-state index contributed by atoms with van der Waals surface area (Å²) in [6, 6.07) is 1.40. The van der Waals surface area contributed by atoms with Gasteiger partial charge in [0.25, 0.3) is 0 Å². The van der Waals surface area contributed by atoms with Crippen LogP contribution in [-0.4, -0.2) is 24.7 Å². The maximum absolute atomic E-state index is 13.5. The number of carbonyl (C=O) groups is 1. The lowest BCUT2D eigenvalue weighted by Gasteiger charge is -2.08. The lowest BCUT2D eigenvalue weighted by Crippen LogP contribution is -2.16. The van der Waals surface area contributed by atoms with Gasteiger partial charge in [-0.1, -0.05) is 0 Å². The maximum atomic E-state index is 13.5. The molecule has 0 unspecified atom stereocenters.